The van der Waals surface area contributed by atoms with Gasteiger partial charge in [0.15, 0.2) is 0 Å². The van der Waals surface area contributed by atoms with Crippen molar-refractivity contribution in [2.45, 2.75) is 37.4 Å². The first-order valence-corrected chi connectivity index (χ1v) is 9.60. The van der Waals surface area contributed by atoms with E-state index in [0.717, 1.165) is 4.90 Å². The smallest absolute Gasteiger partial charge is 0.414 e. The minimum absolute atomic E-state index is 0.0643. The predicted octanol–water partition coefficient (Wildman–Crippen LogP) is 2.92. The van der Waals surface area contributed by atoms with Gasteiger partial charge in [-0.25, -0.2) is 9.59 Å². The molecule has 0 bridgehead atoms. The quantitative estimate of drug-likeness (QED) is 0.849. The van der Waals surface area contributed by atoms with Crippen LogP contribution in [0.3, 0.4) is 0 Å². The highest BCUT2D eigenvalue weighted by Gasteiger charge is 2.35. The van der Waals surface area contributed by atoms with E-state index in [2.05, 4.69) is 5.32 Å². The summed E-state index contributed by atoms with van der Waals surface area (Å²) in [6.45, 7) is 5.93. The molecular weight excluding hydrogens is 370 g/mol. The van der Waals surface area contributed by atoms with Crippen molar-refractivity contribution in [2.75, 3.05) is 36.1 Å². The lowest BCUT2D eigenvalue weighted by atomic mass is 10.2. The predicted molar refractivity (Wildman–Crippen MR) is 102 cm³/mol. The monoisotopic (exact) mass is 393 g/mol. The normalized spacial score (nSPS) is 19.3. The Balaban J connectivity index is 1.65. The fraction of sp³-hybridized carbons (Fsp3) is 0.500. The Morgan fingerprint density at radius 1 is 1.41 bits per heavy atom. The number of hydrogen-bond donors (Lipinski definition) is 1. The van der Waals surface area contributed by atoms with E-state index in [-0.39, 0.29) is 12.5 Å². The summed E-state index contributed by atoms with van der Waals surface area (Å²) in [7, 11) is 1.61. The number of nitrogens with one attached hydrogen (secondary N) is 1. The number of carbonyl (C=O) groups excluding carboxylic acids is 3. The molecular formula is C18H23N3O5S. The van der Waals surface area contributed by atoms with Gasteiger partial charge in [0, 0.05) is 17.6 Å². The van der Waals surface area contributed by atoms with Crippen molar-refractivity contribution < 1.29 is 23.9 Å². The fourth-order valence-corrected chi connectivity index (χ4v) is 3.57. The minimum Gasteiger partial charge on any atom is -0.444 e. The highest BCUT2D eigenvalue weighted by molar-refractivity contribution is 8.00. The van der Waals surface area contributed by atoms with Crippen LogP contribution < -0.4 is 10.2 Å². The summed E-state index contributed by atoms with van der Waals surface area (Å²) in [6.07, 6.45) is -1.41. The van der Waals surface area contributed by atoms with Crippen molar-refractivity contribution in [1.82, 2.24) is 4.90 Å². The third kappa shape index (κ3) is 4.65. The number of carbonyl (C=O) groups is 3. The Morgan fingerprint density at radius 3 is 2.85 bits per heavy atom. The lowest BCUT2D eigenvalue weighted by molar-refractivity contribution is -0.113. The lowest BCUT2D eigenvalue weighted by Gasteiger charge is -2.25. The van der Waals surface area contributed by atoms with E-state index in [1.807, 2.05) is 12.1 Å². The Bertz CT molecular complexity index is 777. The number of cyclic esters (lactones) is 1. The highest BCUT2D eigenvalue weighted by atomic mass is 32.2. The van der Waals surface area contributed by atoms with Gasteiger partial charge in [-0.1, -0.05) is 0 Å². The summed E-state index contributed by atoms with van der Waals surface area (Å²) in [6, 6.07) is 5.47. The Morgan fingerprint density at radius 2 is 2.15 bits per heavy atom. The number of ether oxygens (including phenoxy) is 2. The molecule has 0 aliphatic carbocycles. The molecule has 146 valence electrons. The summed E-state index contributed by atoms with van der Waals surface area (Å²) in [5.41, 5.74) is 0.745. The van der Waals surface area contributed by atoms with Gasteiger partial charge in [-0.15, -0.1) is 11.8 Å². The molecule has 0 aromatic heterocycles. The second kappa shape index (κ2) is 7.30. The van der Waals surface area contributed by atoms with Gasteiger partial charge in [-0.3, -0.25) is 9.69 Å². The molecule has 2 aliphatic rings. The largest absolute Gasteiger partial charge is 0.444 e. The summed E-state index contributed by atoms with van der Waals surface area (Å²) >= 11 is 1.46. The van der Waals surface area contributed by atoms with Gasteiger partial charge in [0.1, 0.15) is 11.7 Å². The lowest BCUT2D eigenvalue weighted by Crippen LogP contribution is -2.39. The number of fused-ring (bicyclic) bond motifs is 1. The van der Waals surface area contributed by atoms with Crippen molar-refractivity contribution in [1.29, 1.82) is 0 Å². The van der Waals surface area contributed by atoms with Crippen molar-refractivity contribution in [2.24, 2.45) is 0 Å². The minimum atomic E-state index is -0.588. The number of hydrogen-bond acceptors (Lipinski definition) is 6. The molecule has 1 aromatic carbocycles. The van der Waals surface area contributed by atoms with E-state index in [1.54, 1.807) is 33.9 Å². The SMILES string of the molecule is CN(CC1CN(c2ccc3c(c2)NC(=O)CS3)C(=O)O1)C(=O)OC(C)(C)C. The Labute approximate surface area is 162 Å². The standard InChI is InChI=1S/C18H23N3O5S/c1-18(2,3)26-16(23)20(4)8-12-9-21(17(24)25-12)11-5-6-14-13(7-11)19-15(22)10-27-14/h5-7,12H,8-10H2,1-4H3,(H,19,22). The van der Waals surface area contributed by atoms with E-state index >= 15 is 0 Å². The molecule has 1 N–H and O–H groups in total. The van der Waals surface area contributed by atoms with Gasteiger partial charge < -0.3 is 19.7 Å². The van der Waals surface area contributed by atoms with Crippen LogP contribution >= 0.6 is 11.8 Å². The first-order chi connectivity index (χ1) is 12.6. The van der Waals surface area contributed by atoms with Gasteiger partial charge >= 0.3 is 12.2 Å². The molecule has 1 aromatic rings. The molecule has 1 fully saturated rings. The number of amides is 3. The maximum absolute atomic E-state index is 12.3. The molecule has 1 saturated heterocycles. The van der Waals surface area contributed by atoms with Crippen LogP contribution in [0.1, 0.15) is 20.8 Å². The molecule has 3 rings (SSSR count). The van der Waals surface area contributed by atoms with E-state index < -0.39 is 23.9 Å². The molecule has 8 nitrogen and oxygen atoms in total. The molecule has 3 amide bonds. The second-order valence-electron chi connectivity index (χ2n) is 7.49. The van der Waals surface area contributed by atoms with E-state index in [9.17, 15) is 14.4 Å². The van der Waals surface area contributed by atoms with Crippen LogP contribution in [0.25, 0.3) is 0 Å². The average molecular weight is 393 g/mol. The van der Waals surface area contributed by atoms with Crippen molar-refractivity contribution in [3.8, 4) is 0 Å². The van der Waals surface area contributed by atoms with Crippen molar-refractivity contribution in [3.63, 3.8) is 0 Å². The molecule has 2 heterocycles. The molecule has 0 radical (unpaired) electrons. The van der Waals surface area contributed by atoms with Crippen LogP contribution in [0.4, 0.5) is 21.0 Å². The van der Waals surface area contributed by atoms with Crippen molar-refractivity contribution in [3.05, 3.63) is 18.2 Å². The zero-order chi connectivity index (χ0) is 19.8. The zero-order valence-corrected chi connectivity index (χ0v) is 16.6. The first kappa shape index (κ1) is 19.3. The number of rotatable bonds is 3. The number of thioether (sulfide) groups is 1. The maximum atomic E-state index is 12.3. The summed E-state index contributed by atoms with van der Waals surface area (Å²) in [5, 5.41) is 2.81. The van der Waals surface area contributed by atoms with E-state index in [0.29, 0.717) is 23.7 Å². The van der Waals surface area contributed by atoms with Gasteiger partial charge in [-0.05, 0) is 39.0 Å². The van der Waals surface area contributed by atoms with Gasteiger partial charge in [0.05, 0.1) is 24.5 Å². The Hall–Kier alpha value is -2.42. The van der Waals surface area contributed by atoms with Crippen LogP contribution in [-0.4, -0.2) is 60.6 Å². The van der Waals surface area contributed by atoms with Crippen LogP contribution in [-0.2, 0) is 14.3 Å². The summed E-state index contributed by atoms with van der Waals surface area (Å²) in [4.78, 5) is 39.8. The molecule has 0 spiro atoms. The third-order valence-electron chi connectivity index (χ3n) is 3.96. The van der Waals surface area contributed by atoms with Crippen LogP contribution in [0.2, 0.25) is 0 Å². The average Bonchev–Trinajstić information content (AvgIpc) is 2.92. The van der Waals surface area contributed by atoms with Gasteiger partial charge in [0.2, 0.25) is 5.91 Å². The van der Waals surface area contributed by atoms with E-state index in [1.165, 1.54) is 21.6 Å². The van der Waals surface area contributed by atoms with Crippen LogP contribution in [0.5, 0.6) is 0 Å². The van der Waals surface area contributed by atoms with Gasteiger partial charge in [-0.2, -0.15) is 0 Å². The molecule has 1 atom stereocenters. The fourth-order valence-electron chi connectivity index (χ4n) is 2.79. The molecule has 27 heavy (non-hydrogen) atoms. The zero-order valence-electron chi connectivity index (χ0n) is 15.8. The molecule has 2 aliphatic heterocycles. The summed E-state index contributed by atoms with van der Waals surface area (Å²) in [5.74, 6) is 0.322. The molecule has 9 heteroatoms. The number of benzene rings is 1. The number of likely N-dealkylation sites (N-methyl/N-ethyl adjacent to an activating group) is 1. The summed E-state index contributed by atoms with van der Waals surface area (Å²) < 4.78 is 10.7. The Kier molecular flexibility index (Phi) is 5.23. The maximum Gasteiger partial charge on any atom is 0.414 e. The molecule has 1 unspecified atom stereocenters. The third-order valence-corrected chi connectivity index (χ3v) is 5.04. The second-order valence-corrected chi connectivity index (χ2v) is 8.51. The van der Waals surface area contributed by atoms with Crippen LogP contribution in [0, 0.1) is 0 Å². The van der Waals surface area contributed by atoms with Gasteiger partial charge in [0.25, 0.3) is 0 Å². The first-order valence-electron chi connectivity index (χ1n) is 8.61. The number of nitrogens with zero attached hydrogens (tertiary/aromatic N) is 2. The van der Waals surface area contributed by atoms with E-state index in [4.69, 9.17) is 9.47 Å². The van der Waals surface area contributed by atoms with Crippen molar-refractivity contribution >= 4 is 41.2 Å². The highest BCUT2D eigenvalue weighted by Crippen LogP contribution is 2.35. The number of anilines is 2. The molecule has 0 saturated carbocycles. The topological polar surface area (TPSA) is 88.2 Å². The van der Waals surface area contributed by atoms with Crippen LogP contribution in [0.15, 0.2) is 23.1 Å².